The Morgan fingerprint density at radius 1 is 1.25 bits per heavy atom. The van der Waals surface area contributed by atoms with E-state index in [9.17, 15) is 13.2 Å². The van der Waals surface area contributed by atoms with Crippen molar-refractivity contribution in [2.75, 3.05) is 37.3 Å². The number of carbonyl (C=O) groups excluding carboxylic acids is 1. The Hall–Kier alpha value is -0.140. The molecular formula is C9H17BrN2O3S. The second-order valence-corrected chi connectivity index (χ2v) is 6.38. The third-order valence-electron chi connectivity index (χ3n) is 2.56. The van der Waals surface area contributed by atoms with Gasteiger partial charge < -0.3 is 4.90 Å². The summed E-state index contributed by atoms with van der Waals surface area (Å²) in [5, 5.41) is 0.300. The van der Waals surface area contributed by atoms with E-state index in [4.69, 9.17) is 0 Å². The zero-order chi connectivity index (χ0) is 12.2. The lowest BCUT2D eigenvalue weighted by Gasteiger charge is -2.33. The van der Waals surface area contributed by atoms with Crippen molar-refractivity contribution in [1.82, 2.24) is 9.21 Å². The highest BCUT2D eigenvalue weighted by atomic mass is 79.9. The quantitative estimate of drug-likeness (QED) is 0.700. The van der Waals surface area contributed by atoms with Crippen molar-refractivity contribution in [3.05, 3.63) is 0 Å². The summed E-state index contributed by atoms with van der Waals surface area (Å²) in [4.78, 5) is 13.0. The van der Waals surface area contributed by atoms with Crippen LogP contribution in [-0.2, 0) is 14.8 Å². The van der Waals surface area contributed by atoms with Crippen LogP contribution in [0.25, 0.3) is 0 Å². The van der Waals surface area contributed by atoms with Crippen molar-refractivity contribution < 1.29 is 13.2 Å². The van der Waals surface area contributed by atoms with E-state index in [1.807, 2.05) is 6.92 Å². The summed E-state index contributed by atoms with van der Waals surface area (Å²) in [6.45, 7) is 3.67. The van der Waals surface area contributed by atoms with Gasteiger partial charge in [-0.05, 0) is 6.42 Å². The number of rotatable bonds is 4. The molecule has 0 aromatic heterocycles. The standard InChI is InChI=1S/C9H17BrN2O3S/c1-2-7-16(14,15)12-5-3-11(4-6-12)9(13)8-10/h2-8H2,1H3. The van der Waals surface area contributed by atoms with Crippen LogP contribution in [0, 0.1) is 0 Å². The van der Waals surface area contributed by atoms with Gasteiger partial charge in [0.15, 0.2) is 0 Å². The number of alkyl halides is 1. The lowest BCUT2D eigenvalue weighted by atomic mass is 10.3. The molecular weight excluding hydrogens is 296 g/mol. The molecule has 0 aliphatic carbocycles. The van der Waals surface area contributed by atoms with Gasteiger partial charge in [0.2, 0.25) is 15.9 Å². The summed E-state index contributed by atoms with van der Waals surface area (Å²) in [6.07, 6.45) is 0.628. The molecule has 5 nitrogen and oxygen atoms in total. The molecule has 0 aromatic rings. The molecule has 0 atom stereocenters. The minimum Gasteiger partial charge on any atom is -0.339 e. The predicted octanol–water partition coefficient (Wildman–Crippen LogP) is 0.265. The molecule has 0 unspecified atom stereocenters. The van der Waals surface area contributed by atoms with Crippen LogP contribution >= 0.6 is 15.9 Å². The lowest BCUT2D eigenvalue weighted by Crippen LogP contribution is -2.51. The lowest BCUT2D eigenvalue weighted by molar-refractivity contribution is -0.129. The van der Waals surface area contributed by atoms with E-state index >= 15 is 0 Å². The Labute approximate surface area is 105 Å². The molecule has 1 saturated heterocycles. The number of carbonyl (C=O) groups is 1. The van der Waals surface area contributed by atoms with Gasteiger partial charge in [-0.3, -0.25) is 4.79 Å². The van der Waals surface area contributed by atoms with Gasteiger partial charge in [0.25, 0.3) is 0 Å². The van der Waals surface area contributed by atoms with Gasteiger partial charge in [0.05, 0.1) is 11.1 Å². The second-order valence-electron chi connectivity index (χ2n) is 3.73. The van der Waals surface area contributed by atoms with E-state index in [-0.39, 0.29) is 11.7 Å². The first kappa shape index (κ1) is 13.9. The highest BCUT2D eigenvalue weighted by Crippen LogP contribution is 2.09. The van der Waals surface area contributed by atoms with E-state index in [0.29, 0.717) is 37.9 Å². The first-order chi connectivity index (χ1) is 7.51. The molecule has 0 aromatic carbocycles. The van der Waals surface area contributed by atoms with Crippen molar-refractivity contribution in [3.8, 4) is 0 Å². The summed E-state index contributed by atoms with van der Waals surface area (Å²) < 4.78 is 25.0. The van der Waals surface area contributed by atoms with Crippen LogP contribution < -0.4 is 0 Å². The van der Waals surface area contributed by atoms with E-state index in [2.05, 4.69) is 15.9 Å². The molecule has 1 aliphatic heterocycles. The van der Waals surface area contributed by atoms with Crippen LogP contribution in [0.2, 0.25) is 0 Å². The van der Waals surface area contributed by atoms with Gasteiger partial charge in [-0.2, -0.15) is 4.31 Å². The average molecular weight is 313 g/mol. The Kier molecular flexibility index (Phi) is 5.20. The van der Waals surface area contributed by atoms with E-state index in [1.54, 1.807) is 4.90 Å². The molecule has 16 heavy (non-hydrogen) atoms. The van der Waals surface area contributed by atoms with Crippen LogP contribution in [0.15, 0.2) is 0 Å². The van der Waals surface area contributed by atoms with Crippen molar-refractivity contribution in [2.24, 2.45) is 0 Å². The van der Waals surface area contributed by atoms with Gasteiger partial charge >= 0.3 is 0 Å². The summed E-state index contributed by atoms with van der Waals surface area (Å²) in [5.41, 5.74) is 0. The smallest absolute Gasteiger partial charge is 0.233 e. The van der Waals surface area contributed by atoms with Crippen LogP contribution in [-0.4, -0.2) is 60.8 Å². The number of piperazine rings is 1. The Bertz CT molecular complexity index is 337. The molecule has 1 amide bonds. The number of nitrogens with zero attached hydrogens (tertiary/aromatic N) is 2. The maximum atomic E-state index is 11.7. The maximum Gasteiger partial charge on any atom is 0.233 e. The largest absolute Gasteiger partial charge is 0.339 e. The van der Waals surface area contributed by atoms with E-state index in [1.165, 1.54) is 4.31 Å². The zero-order valence-electron chi connectivity index (χ0n) is 9.36. The van der Waals surface area contributed by atoms with Crippen molar-refractivity contribution in [2.45, 2.75) is 13.3 Å². The second kappa shape index (κ2) is 5.97. The summed E-state index contributed by atoms with van der Waals surface area (Å²) >= 11 is 3.11. The van der Waals surface area contributed by atoms with E-state index < -0.39 is 10.0 Å². The van der Waals surface area contributed by atoms with Gasteiger partial charge in [-0.25, -0.2) is 8.42 Å². The Balaban J connectivity index is 2.52. The molecule has 0 saturated carbocycles. The van der Waals surface area contributed by atoms with Crippen LogP contribution in [0.3, 0.4) is 0 Å². The Morgan fingerprint density at radius 3 is 2.25 bits per heavy atom. The molecule has 1 aliphatic rings. The summed E-state index contributed by atoms with van der Waals surface area (Å²) in [7, 11) is -3.11. The van der Waals surface area contributed by atoms with Gasteiger partial charge in [-0.1, -0.05) is 22.9 Å². The molecule has 1 fully saturated rings. The fraction of sp³-hybridized carbons (Fsp3) is 0.889. The molecule has 0 bridgehead atoms. The van der Waals surface area contributed by atoms with Crippen LogP contribution in [0.4, 0.5) is 0 Å². The molecule has 0 spiro atoms. The van der Waals surface area contributed by atoms with Crippen LogP contribution in [0.5, 0.6) is 0 Å². The minimum absolute atomic E-state index is 0.0209. The molecule has 0 radical (unpaired) electrons. The normalized spacial score (nSPS) is 18.8. The summed E-state index contributed by atoms with van der Waals surface area (Å²) in [6, 6.07) is 0. The SMILES string of the molecule is CCCS(=O)(=O)N1CCN(C(=O)CBr)CC1. The van der Waals surface area contributed by atoms with E-state index in [0.717, 1.165) is 0 Å². The number of amides is 1. The summed E-state index contributed by atoms with van der Waals surface area (Å²) in [5.74, 6) is 0.215. The number of hydrogen-bond donors (Lipinski definition) is 0. The fourth-order valence-electron chi connectivity index (χ4n) is 1.69. The first-order valence-corrected chi connectivity index (χ1v) is 8.06. The number of hydrogen-bond acceptors (Lipinski definition) is 3. The van der Waals surface area contributed by atoms with Gasteiger partial charge in [0.1, 0.15) is 0 Å². The monoisotopic (exact) mass is 312 g/mol. The Morgan fingerprint density at radius 2 is 1.81 bits per heavy atom. The highest BCUT2D eigenvalue weighted by molar-refractivity contribution is 9.09. The molecule has 94 valence electrons. The van der Waals surface area contributed by atoms with Crippen molar-refractivity contribution in [3.63, 3.8) is 0 Å². The third kappa shape index (κ3) is 3.43. The highest BCUT2D eigenvalue weighted by Gasteiger charge is 2.27. The van der Waals surface area contributed by atoms with Gasteiger partial charge in [0, 0.05) is 26.2 Å². The minimum atomic E-state index is -3.11. The third-order valence-corrected chi connectivity index (χ3v) is 5.12. The molecule has 1 rings (SSSR count). The van der Waals surface area contributed by atoms with Crippen molar-refractivity contribution >= 4 is 31.9 Å². The zero-order valence-corrected chi connectivity index (χ0v) is 11.8. The maximum absolute atomic E-state index is 11.7. The molecule has 7 heteroatoms. The molecule has 1 heterocycles. The first-order valence-electron chi connectivity index (χ1n) is 5.33. The fourth-order valence-corrected chi connectivity index (χ4v) is 3.54. The van der Waals surface area contributed by atoms with Gasteiger partial charge in [-0.15, -0.1) is 0 Å². The molecule has 0 N–H and O–H groups in total. The average Bonchev–Trinajstić information content (AvgIpc) is 2.28. The number of sulfonamides is 1. The predicted molar refractivity (Wildman–Crippen MR) is 66.0 cm³/mol. The van der Waals surface area contributed by atoms with Crippen LogP contribution in [0.1, 0.15) is 13.3 Å². The van der Waals surface area contributed by atoms with Crippen molar-refractivity contribution in [1.29, 1.82) is 0 Å². The topological polar surface area (TPSA) is 57.7 Å². The number of halogens is 1.